The van der Waals surface area contributed by atoms with Crippen molar-refractivity contribution in [2.24, 2.45) is 0 Å². The monoisotopic (exact) mass is 178 g/mol. The summed E-state index contributed by atoms with van der Waals surface area (Å²) in [5, 5.41) is 9.33. The molecular weight excluding hydrogens is 161 g/mol. The van der Waals surface area contributed by atoms with Gasteiger partial charge in [-0.1, -0.05) is 0 Å². The molecule has 0 saturated heterocycles. The van der Waals surface area contributed by atoms with E-state index in [0.29, 0.717) is 11.0 Å². The molecule has 0 spiro atoms. The highest BCUT2D eigenvalue weighted by Gasteiger charge is 2.16. The summed E-state index contributed by atoms with van der Waals surface area (Å²) in [7, 11) is 6.02. The summed E-state index contributed by atoms with van der Waals surface area (Å²) < 4.78 is 0.696. The minimum absolute atomic E-state index is 0.0370. The Morgan fingerprint density at radius 2 is 2.00 bits per heavy atom. The van der Waals surface area contributed by atoms with Crippen LogP contribution in [-0.4, -0.2) is 48.6 Å². The molecule has 0 aliphatic rings. The molecule has 0 heterocycles. The minimum Gasteiger partial charge on any atom is -0.383 e. The van der Waals surface area contributed by atoms with Crippen molar-refractivity contribution in [1.82, 2.24) is 0 Å². The van der Waals surface area contributed by atoms with E-state index in [1.807, 2.05) is 21.1 Å². The topological polar surface area (TPSA) is 37.3 Å². The van der Waals surface area contributed by atoms with Crippen LogP contribution in [-0.2, 0) is 4.79 Å². The Labute approximate surface area is 69.8 Å². The molecule has 0 bridgehead atoms. The standard InChI is InChI=1S/C7H17NO2P/c1-6(9)11-7(10)5-8(2,3)4/h7,10-11H,5H2,1-4H3/q+1. The van der Waals surface area contributed by atoms with E-state index in [1.165, 1.54) is 6.92 Å². The zero-order valence-electron chi connectivity index (χ0n) is 7.59. The molecule has 0 aromatic heterocycles. The summed E-state index contributed by atoms with van der Waals surface area (Å²) in [5.74, 6) is -0.465. The van der Waals surface area contributed by atoms with Crippen molar-refractivity contribution >= 4 is 14.1 Å². The molecule has 0 radical (unpaired) electrons. The van der Waals surface area contributed by atoms with Crippen LogP contribution in [0.1, 0.15) is 6.92 Å². The Morgan fingerprint density at radius 3 is 2.27 bits per heavy atom. The third-order valence-corrected chi connectivity index (χ3v) is 2.01. The van der Waals surface area contributed by atoms with Crippen molar-refractivity contribution in [2.45, 2.75) is 12.8 Å². The zero-order valence-corrected chi connectivity index (χ0v) is 8.59. The normalized spacial score (nSPS) is 15.7. The Balaban J connectivity index is 3.69. The molecule has 66 valence electrons. The van der Waals surface area contributed by atoms with Gasteiger partial charge in [-0.3, -0.25) is 4.79 Å². The van der Waals surface area contributed by atoms with Gasteiger partial charge < -0.3 is 9.59 Å². The van der Waals surface area contributed by atoms with E-state index >= 15 is 0 Å². The second-order valence-electron chi connectivity index (χ2n) is 3.69. The fourth-order valence-corrected chi connectivity index (χ4v) is 1.91. The van der Waals surface area contributed by atoms with Crippen molar-refractivity contribution in [2.75, 3.05) is 27.7 Å². The number of carbonyl (C=O) groups is 1. The third-order valence-electron chi connectivity index (χ3n) is 1.09. The molecule has 4 heteroatoms. The predicted octanol–water partition coefficient (Wildman–Crippen LogP) is 0.236. The van der Waals surface area contributed by atoms with Crippen LogP contribution in [0, 0.1) is 0 Å². The van der Waals surface area contributed by atoms with Gasteiger partial charge in [0, 0.05) is 0 Å². The first-order valence-corrected chi connectivity index (χ1v) is 4.64. The van der Waals surface area contributed by atoms with Crippen molar-refractivity contribution in [3.8, 4) is 0 Å². The number of nitrogens with zero attached hydrogens (tertiary/aromatic N) is 1. The first kappa shape index (κ1) is 11.0. The second-order valence-corrected chi connectivity index (χ2v) is 5.35. The summed E-state index contributed by atoms with van der Waals surface area (Å²) in [4.78, 5) is 10.6. The lowest BCUT2D eigenvalue weighted by Gasteiger charge is -2.26. The van der Waals surface area contributed by atoms with Crippen LogP contribution in [0.2, 0.25) is 0 Å². The smallest absolute Gasteiger partial charge is 0.151 e. The molecule has 0 rings (SSSR count). The molecule has 11 heavy (non-hydrogen) atoms. The number of hydrogen-bond acceptors (Lipinski definition) is 2. The number of rotatable bonds is 4. The number of carbonyl (C=O) groups excluding carboxylic acids is 1. The van der Waals surface area contributed by atoms with E-state index in [0.717, 1.165) is 0 Å². The van der Waals surface area contributed by atoms with Gasteiger partial charge in [-0.05, 0) is 15.5 Å². The lowest BCUT2D eigenvalue weighted by atomic mass is 10.5. The number of hydrogen-bond donors (Lipinski definition) is 1. The molecule has 0 amide bonds. The van der Waals surface area contributed by atoms with Gasteiger partial charge in [-0.15, -0.1) is 0 Å². The maximum absolute atomic E-state index is 10.6. The van der Waals surface area contributed by atoms with Gasteiger partial charge in [0.15, 0.2) is 5.52 Å². The van der Waals surface area contributed by atoms with E-state index in [4.69, 9.17) is 0 Å². The molecule has 3 nitrogen and oxygen atoms in total. The first-order chi connectivity index (χ1) is 4.81. The highest BCUT2D eigenvalue weighted by Crippen LogP contribution is 2.18. The summed E-state index contributed by atoms with van der Waals surface area (Å²) in [6, 6.07) is 0. The maximum Gasteiger partial charge on any atom is 0.151 e. The minimum atomic E-state index is -0.465. The molecule has 0 aliphatic heterocycles. The fraction of sp³-hybridized carbons (Fsp3) is 0.857. The molecule has 2 unspecified atom stereocenters. The Morgan fingerprint density at radius 1 is 1.55 bits per heavy atom. The van der Waals surface area contributed by atoms with Crippen molar-refractivity contribution in [3.05, 3.63) is 0 Å². The van der Waals surface area contributed by atoms with Gasteiger partial charge >= 0.3 is 0 Å². The molecular formula is C7H17NO2P+. The summed E-state index contributed by atoms with van der Waals surface area (Å²) in [5.41, 5.74) is 0.0750. The number of likely N-dealkylation sites (N-methyl/N-ethyl adjacent to an activating group) is 1. The fourth-order valence-electron chi connectivity index (χ4n) is 0.799. The van der Waals surface area contributed by atoms with Gasteiger partial charge in [0.25, 0.3) is 0 Å². The first-order valence-electron chi connectivity index (χ1n) is 3.57. The molecule has 2 atom stereocenters. The maximum atomic E-state index is 10.6. The molecule has 0 aliphatic carbocycles. The van der Waals surface area contributed by atoms with E-state index in [-0.39, 0.29) is 14.1 Å². The molecule has 0 saturated carbocycles. The van der Waals surface area contributed by atoms with Crippen LogP contribution in [0.25, 0.3) is 0 Å². The largest absolute Gasteiger partial charge is 0.383 e. The second kappa shape index (κ2) is 4.15. The number of aliphatic hydroxyl groups is 1. The van der Waals surface area contributed by atoms with Gasteiger partial charge in [0.05, 0.1) is 21.1 Å². The van der Waals surface area contributed by atoms with Crippen molar-refractivity contribution in [1.29, 1.82) is 0 Å². The zero-order chi connectivity index (χ0) is 9.07. The van der Waals surface area contributed by atoms with Crippen LogP contribution in [0.15, 0.2) is 0 Å². The van der Waals surface area contributed by atoms with E-state index in [9.17, 15) is 9.90 Å². The quantitative estimate of drug-likeness (QED) is 0.494. The van der Waals surface area contributed by atoms with Crippen LogP contribution in [0.3, 0.4) is 0 Å². The van der Waals surface area contributed by atoms with E-state index in [1.54, 1.807) is 0 Å². The summed E-state index contributed by atoms with van der Waals surface area (Å²) >= 11 is 0. The van der Waals surface area contributed by atoms with Crippen LogP contribution in [0.4, 0.5) is 0 Å². The van der Waals surface area contributed by atoms with Crippen LogP contribution < -0.4 is 0 Å². The highest BCUT2D eigenvalue weighted by atomic mass is 31.1. The molecule has 0 aromatic carbocycles. The van der Waals surface area contributed by atoms with Crippen LogP contribution >= 0.6 is 8.58 Å². The highest BCUT2D eigenvalue weighted by molar-refractivity contribution is 7.58. The number of aliphatic hydroxyl groups excluding tert-OH is 1. The lowest BCUT2D eigenvalue weighted by molar-refractivity contribution is -0.871. The number of quaternary nitrogens is 1. The average Bonchev–Trinajstić information content (AvgIpc) is 1.53. The molecule has 1 N–H and O–H groups in total. The van der Waals surface area contributed by atoms with E-state index < -0.39 is 5.85 Å². The van der Waals surface area contributed by atoms with Crippen molar-refractivity contribution < 1.29 is 14.4 Å². The molecule has 0 fully saturated rings. The molecule has 0 aromatic rings. The lowest BCUT2D eigenvalue weighted by Crippen LogP contribution is -2.40. The summed E-state index contributed by atoms with van der Waals surface area (Å²) in [6.45, 7) is 2.15. The predicted molar refractivity (Wildman–Crippen MR) is 47.9 cm³/mol. The summed E-state index contributed by atoms with van der Waals surface area (Å²) in [6.07, 6.45) is 0. The third kappa shape index (κ3) is 7.92. The van der Waals surface area contributed by atoms with E-state index in [2.05, 4.69) is 0 Å². The Bertz CT molecular complexity index is 142. The average molecular weight is 178 g/mol. The Hall–Kier alpha value is 0.0200. The van der Waals surface area contributed by atoms with Gasteiger partial charge in [-0.25, -0.2) is 0 Å². The SMILES string of the molecule is CC(=O)PC(O)C[N+](C)(C)C. The van der Waals surface area contributed by atoms with Gasteiger partial charge in [-0.2, -0.15) is 0 Å². The van der Waals surface area contributed by atoms with Gasteiger partial charge in [0.1, 0.15) is 12.4 Å². The van der Waals surface area contributed by atoms with Crippen LogP contribution in [0.5, 0.6) is 0 Å². The van der Waals surface area contributed by atoms with Gasteiger partial charge in [0.2, 0.25) is 0 Å². The van der Waals surface area contributed by atoms with Crippen molar-refractivity contribution in [3.63, 3.8) is 0 Å². The Kier molecular flexibility index (Phi) is 4.16.